The van der Waals surface area contributed by atoms with Gasteiger partial charge in [-0.2, -0.15) is 0 Å². The molecule has 7 heteroatoms. The third kappa shape index (κ3) is 6.88. The number of guanidine groups is 1. The van der Waals surface area contributed by atoms with Gasteiger partial charge in [-0.15, -0.1) is 24.0 Å². The number of likely N-dealkylation sites (tertiary alicyclic amines) is 1. The van der Waals surface area contributed by atoms with E-state index < -0.39 is 11.6 Å². The summed E-state index contributed by atoms with van der Waals surface area (Å²) < 4.78 is 26.7. The van der Waals surface area contributed by atoms with Gasteiger partial charge in [-0.25, -0.2) is 8.78 Å². The molecule has 0 unspecified atom stereocenters. The van der Waals surface area contributed by atoms with Crippen LogP contribution in [0.1, 0.15) is 24.8 Å². The van der Waals surface area contributed by atoms with Crippen LogP contribution in [0.2, 0.25) is 0 Å². The van der Waals surface area contributed by atoms with E-state index in [9.17, 15) is 8.78 Å². The Hall–Kier alpha value is -0.960. The maximum atomic E-state index is 13.6. The van der Waals surface area contributed by atoms with Crippen molar-refractivity contribution in [3.8, 4) is 0 Å². The van der Waals surface area contributed by atoms with Gasteiger partial charge in [-0.3, -0.25) is 4.99 Å². The predicted octanol–water partition coefficient (Wildman–Crippen LogP) is 2.78. The molecule has 0 saturated carbocycles. The minimum atomic E-state index is -0.800. The van der Waals surface area contributed by atoms with Crippen molar-refractivity contribution in [3.63, 3.8) is 0 Å². The molecule has 0 atom stereocenters. The Morgan fingerprint density at radius 1 is 1.12 bits per heavy atom. The molecular formula is C17H27F2IN4. The van der Waals surface area contributed by atoms with E-state index >= 15 is 0 Å². The quantitative estimate of drug-likeness (QED) is 0.396. The number of nitrogens with zero attached hydrogens (tertiary/aromatic N) is 2. The average molecular weight is 452 g/mol. The number of piperidine rings is 1. The van der Waals surface area contributed by atoms with Crippen LogP contribution in [-0.4, -0.2) is 50.6 Å². The van der Waals surface area contributed by atoms with Crippen molar-refractivity contribution in [1.82, 2.24) is 15.5 Å². The van der Waals surface area contributed by atoms with Crippen LogP contribution < -0.4 is 10.6 Å². The van der Waals surface area contributed by atoms with Crippen LogP contribution in [0.5, 0.6) is 0 Å². The normalized spacial score (nSPS) is 15.7. The summed E-state index contributed by atoms with van der Waals surface area (Å²) >= 11 is 0. The Labute approximate surface area is 160 Å². The topological polar surface area (TPSA) is 39.7 Å². The summed E-state index contributed by atoms with van der Waals surface area (Å²) in [5, 5.41) is 6.39. The van der Waals surface area contributed by atoms with E-state index in [2.05, 4.69) is 20.5 Å². The highest BCUT2D eigenvalue weighted by Crippen LogP contribution is 2.11. The van der Waals surface area contributed by atoms with E-state index in [0.29, 0.717) is 24.5 Å². The van der Waals surface area contributed by atoms with Crippen LogP contribution in [0, 0.1) is 11.6 Å². The van der Waals surface area contributed by atoms with Gasteiger partial charge >= 0.3 is 0 Å². The Balaban J connectivity index is 0.00000288. The van der Waals surface area contributed by atoms with Gasteiger partial charge < -0.3 is 15.5 Å². The summed E-state index contributed by atoms with van der Waals surface area (Å²) in [5.74, 6) is -0.868. The van der Waals surface area contributed by atoms with Crippen LogP contribution in [0.4, 0.5) is 8.78 Å². The lowest BCUT2D eigenvalue weighted by Gasteiger charge is -2.26. The van der Waals surface area contributed by atoms with Gasteiger partial charge in [0, 0.05) is 26.7 Å². The first-order valence-electron chi connectivity index (χ1n) is 8.30. The first kappa shape index (κ1) is 21.1. The minimum absolute atomic E-state index is 0. The minimum Gasteiger partial charge on any atom is -0.356 e. The maximum Gasteiger partial charge on any atom is 0.191 e. The Morgan fingerprint density at radius 3 is 2.54 bits per heavy atom. The zero-order valence-corrected chi connectivity index (χ0v) is 16.5. The fourth-order valence-electron chi connectivity index (χ4n) is 2.79. The Kier molecular flexibility index (Phi) is 10.2. The Morgan fingerprint density at radius 2 is 1.83 bits per heavy atom. The molecule has 1 heterocycles. The molecule has 2 N–H and O–H groups in total. The summed E-state index contributed by atoms with van der Waals surface area (Å²) in [5.41, 5.74) is 0.376. The van der Waals surface area contributed by atoms with Gasteiger partial charge in [0.2, 0.25) is 0 Å². The molecule has 2 rings (SSSR count). The van der Waals surface area contributed by atoms with Gasteiger partial charge in [0.05, 0.1) is 0 Å². The van der Waals surface area contributed by atoms with Crippen molar-refractivity contribution in [1.29, 1.82) is 0 Å². The number of rotatable bonds is 6. The van der Waals surface area contributed by atoms with E-state index in [1.54, 1.807) is 13.1 Å². The van der Waals surface area contributed by atoms with E-state index in [1.165, 1.54) is 38.4 Å². The lowest BCUT2D eigenvalue weighted by molar-refractivity contribution is 0.232. The predicted molar refractivity (Wildman–Crippen MR) is 105 cm³/mol. The number of hydrogen-bond donors (Lipinski definition) is 2. The summed E-state index contributed by atoms with van der Waals surface area (Å²) in [6, 6.07) is 4.26. The monoisotopic (exact) mass is 452 g/mol. The average Bonchev–Trinajstić information content (AvgIpc) is 2.58. The molecule has 24 heavy (non-hydrogen) atoms. The molecule has 1 aliphatic heterocycles. The van der Waals surface area contributed by atoms with Crippen LogP contribution >= 0.6 is 24.0 Å². The maximum absolute atomic E-state index is 13.6. The molecule has 1 aromatic carbocycles. The van der Waals surface area contributed by atoms with E-state index in [0.717, 1.165) is 19.2 Å². The fourth-order valence-corrected chi connectivity index (χ4v) is 2.79. The van der Waals surface area contributed by atoms with Gasteiger partial charge in [0.25, 0.3) is 0 Å². The Bertz CT molecular complexity index is 519. The highest BCUT2D eigenvalue weighted by molar-refractivity contribution is 14.0. The van der Waals surface area contributed by atoms with Crippen LogP contribution in [-0.2, 0) is 6.42 Å². The number of nitrogens with one attached hydrogen (secondary N) is 2. The SMILES string of the molecule is CN=C(NCCc1cccc(F)c1F)NCCN1CCCCC1.I. The first-order valence-corrected chi connectivity index (χ1v) is 8.30. The molecule has 0 bridgehead atoms. The molecule has 0 aliphatic carbocycles. The van der Waals surface area contributed by atoms with Crippen LogP contribution in [0.25, 0.3) is 0 Å². The van der Waals surface area contributed by atoms with Crippen molar-refractivity contribution in [2.45, 2.75) is 25.7 Å². The van der Waals surface area contributed by atoms with Gasteiger partial charge in [-0.05, 0) is 44.0 Å². The largest absolute Gasteiger partial charge is 0.356 e. The first-order chi connectivity index (χ1) is 11.2. The smallest absolute Gasteiger partial charge is 0.191 e. The molecule has 1 saturated heterocycles. The van der Waals surface area contributed by atoms with Gasteiger partial charge in [0.15, 0.2) is 17.6 Å². The molecule has 1 aromatic rings. The number of benzene rings is 1. The van der Waals surface area contributed by atoms with E-state index in [1.807, 2.05) is 0 Å². The lowest BCUT2D eigenvalue weighted by atomic mass is 10.1. The number of halogens is 3. The van der Waals surface area contributed by atoms with Crippen molar-refractivity contribution in [2.24, 2.45) is 4.99 Å². The van der Waals surface area contributed by atoms with Crippen molar-refractivity contribution in [3.05, 3.63) is 35.4 Å². The second-order valence-electron chi connectivity index (χ2n) is 5.79. The lowest BCUT2D eigenvalue weighted by Crippen LogP contribution is -2.43. The van der Waals surface area contributed by atoms with Crippen molar-refractivity contribution < 1.29 is 8.78 Å². The van der Waals surface area contributed by atoms with E-state index in [4.69, 9.17) is 0 Å². The molecule has 0 radical (unpaired) electrons. The van der Waals surface area contributed by atoms with Crippen molar-refractivity contribution in [2.75, 3.05) is 39.8 Å². The van der Waals surface area contributed by atoms with Crippen LogP contribution in [0.15, 0.2) is 23.2 Å². The molecular weight excluding hydrogens is 425 g/mol. The van der Waals surface area contributed by atoms with E-state index in [-0.39, 0.29) is 24.0 Å². The zero-order valence-electron chi connectivity index (χ0n) is 14.2. The highest BCUT2D eigenvalue weighted by atomic mass is 127. The number of hydrogen-bond acceptors (Lipinski definition) is 2. The summed E-state index contributed by atoms with van der Waals surface area (Å²) in [4.78, 5) is 6.60. The summed E-state index contributed by atoms with van der Waals surface area (Å²) in [6.07, 6.45) is 4.32. The number of aliphatic imine (C=N–C) groups is 1. The second-order valence-corrected chi connectivity index (χ2v) is 5.79. The molecule has 1 fully saturated rings. The second kappa shape index (κ2) is 11.6. The summed E-state index contributed by atoms with van der Waals surface area (Å²) in [7, 11) is 1.71. The molecule has 0 amide bonds. The third-order valence-corrected chi connectivity index (χ3v) is 4.11. The zero-order chi connectivity index (χ0) is 16.5. The third-order valence-electron chi connectivity index (χ3n) is 4.11. The standard InChI is InChI=1S/C17H26F2N4.HI/c1-20-17(22-10-13-23-11-3-2-4-12-23)21-9-8-14-6-5-7-15(18)16(14)19;/h5-7H,2-4,8-13H2,1H3,(H2,20,21,22);1H. The molecule has 1 aliphatic rings. The molecule has 0 spiro atoms. The van der Waals surface area contributed by atoms with Gasteiger partial charge in [0.1, 0.15) is 0 Å². The highest BCUT2D eigenvalue weighted by Gasteiger charge is 2.10. The van der Waals surface area contributed by atoms with Gasteiger partial charge in [-0.1, -0.05) is 18.6 Å². The summed E-state index contributed by atoms with van der Waals surface area (Å²) in [6.45, 7) is 4.68. The molecule has 4 nitrogen and oxygen atoms in total. The fraction of sp³-hybridized carbons (Fsp3) is 0.588. The van der Waals surface area contributed by atoms with Crippen molar-refractivity contribution >= 4 is 29.9 Å². The molecule has 136 valence electrons. The molecule has 0 aromatic heterocycles. The van der Waals surface area contributed by atoms with Crippen LogP contribution in [0.3, 0.4) is 0 Å².